The minimum Gasteiger partial charge on any atom is -0.493 e. The number of hydrogen-bond acceptors (Lipinski definition) is 6. The number of nitrogens with zero attached hydrogens (tertiary/aromatic N) is 3. The van der Waals surface area contributed by atoms with Crippen LogP contribution in [0.2, 0.25) is 5.02 Å². The van der Waals surface area contributed by atoms with E-state index in [1.165, 1.54) is 6.21 Å². The van der Waals surface area contributed by atoms with Crippen molar-refractivity contribution in [1.82, 2.24) is 19.5 Å². The normalized spacial score (nSPS) is 14.3. The maximum atomic E-state index is 12.5. The number of halogens is 1. The van der Waals surface area contributed by atoms with E-state index in [1.54, 1.807) is 30.3 Å². The van der Waals surface area contributed by atoms with E-state index < -0.39 is 17.1 Å². The number of hydrogen-bond donors (Lipinski definition) is 4. The molecule has 0 unspecified atom stereocenters. The van der Waals surface area contributed by atoms with Gasteiger partial charge in [-0.2, -0.15) is 0 Å². The third-order valence-electron chi connectivity index (χ3n) is 5.85. The number of anilines is 1. The van der Waals surface area contributed by atoms with E-state index in [9.17, 15) is 19.5 Å². The molecule has 1 saturated heterocycles. The van der Waals surface area contributed by atoms with Gasteiger partial charge in [0.15, 0.2) is 0 Å². The number of aliphatic imine (C=N–C) groups is 1. The van der Waals surface area contributed by atoms with Crippen LogP contribution in [-0.2, 0) is 0 Å². The number of aromatic nitrogens is 4. The first-order valence-electron chi connectivity index (χ1n) is 10.8. The summed E-state index contributed by atoms with van der Waals surface area (Å²) in [5.41, 5.74) is 0.816. The van der Waals surface area contributed by atoms with Crippen molar-refractivity contribution >= 4 is 40.2 Å². The van der Waals surface area contributed by atoms with E-state index in [1.807, 2.05) is 6.07 Å². The second kappa shape index (κ2) is 8.71. The monoisotopic (exact) mass is 480 g/mol. The second-order valence-corrected chi connectivity index (χ2v) is 8.52. The van der Waals surface area contributed by atoms with Crippen LogP contribution in [0.4, 0.5) is 11.4 Å². The minimum absolute atomic E-state index is 0.179. The number of benzene rings is 2. The van der Waals surface area contributed by atoms with Crippen LogP contribution in [0.1, 0.15) is 24.8 Å². The fraction of sp³-hybridized carbons (Fsp3) is 0.217. The van der Waals surface area contributed by atoms with Crippen LogP contribution >= 0.6 is 11.6 Å². The van der Waals surface area contributed by atoms with Gasteiger partial charge in [0.2, 0.25) is 5.88 Å². The lowest BCUT2D eigenvalue weighted by Gasteiger charge is -2.29. The number of fused-ring (bicyclic) bond motifs is 1. The van der Waals surface area contributed by atoms with Gasteiger partial charge in [0.1, 0.15) is 5.56 Å². The Kier molecular flexibility index (Phi) is 5.58. The van der Waals surface area contributed by atoms with Gasteiger partial charge in [-0.3, -0.25) is 14.8 Å². The molecule has 2 aromatic heterocycles. The number of aromatic amines is 3. The zero-order chi connectivity index (χ0) is 23.8. The van der Waals surface area contributed by atoms with Crippen molar-refractivity contribution < 1.29 is 5.11 Å². The van der Waals surface area contributed by atoms with Crippen molar-refractivity contribution in [2.45, 2.75) is 19.3 Å². The number of rotatable bonds is 4. The molecule has 4 aromatic rings. The van der Waals surface area contributed by atoms with Crippen LogP contribution in [0.3, 0.4) is 0 Å². The Hall–Kier alpha value is -4.05. The average Bonchev–Trinajstić information content (AvgIpc) is 3.19. The zero-order valence-corrected chi connectivity index (χ0v) is 18.7. The molecule has 2 aromatic carbocycles. The molecule has 5 rings (SSSR count). The molecule has 4 N–H and O–H groups in total. The lowest BCUT2D eigenvalue weighted by atomic mass is 10.1. The summed E-state index contributed by atoms with van der Waals surface area (Å²) in [7, 11) is 0. The molecule has 34 heavy (non-hydrogen) atoms. The SMILES string of the molecule is O=c1[nH]c2cc(N=Cc3c(O)n(-c4ccc(Cl)cc4)c(=O)[nH]c3=O)c(N3CCCCC3)cc2[nH]1. The Labute approximate surface area is 197 Å². The molecule has 0 atom stereocenters. The van der Waals surface area contributed by atoms with Gasteiger partial charge in [-0.25, -0.2) is 14.2 Å². The fourth-order valence-corrected chi connectivity index (χ4v) is 4.30. The molecule has 0 spiro atoms. The molecular weight excluding hydrogens is 460 g/mol. The molecular formula is C23H21ClN6O4. The molecule has 0 bridgehead atoms. The van der Waals surface area contributed by atoms with Gasteiger partial charge in [-0.15, -0.1) is 0 Å². The summed E-state index contributed by atoms with van der Waals surface area (Å²) in [6, 6.07) is 9.80. The molecule has 1 aliphatic rings. The van der Waals surface area contributed by atoms with E-state index >= 15 is 0 Å². The van der Waals surface area contributed by atoms with Gasteiger partial charge in [-0.1, -0.05) is 11.6 Å². The molecule has 1 aliphatic heterocycles. The van der Waals surface area contributed by atoms with Gasteiger partial charge in [0, 0.05) is 24.3 Å². The molecule has 0 radical (unpaired) electrons. The van der Waals surface area contributed by atoms with Crippen LogP contribution in [-0.4, -0.2) is 43.9 Å². The van der Waals surface area contributed by atoms with Crippen LogP contribution in [0.5, 0.6) is 5.88 Å². The molecule has 3 heterocycles. The topological polar surface area (TPSA) is 139 Å². The molecule has 0 saturated carbocycles. The maximum absolute atomic E-state index is 12.5. The lowest BCUT2D eigenvalue weighted by Crippen LogP contribution is -2.31. The Balaban J connectivity index is 1.63. The highest BCUT2D eigenvalue weighted by Gasteiger charge is 2.18. The van der Waals surface area contributed by atoms with Gasteiger partial charge in [0.05, 0.1) is 28.1 Å². The van der Waals surface area contributed by atoms with Gasteiger partial charge < -0.3 is 20.0 Å². The van der Waals surface area contributed by atoms with Crippen molar-refractivity contribution in [2.75, 3.05) is 18.0 Å². The van der Waals surface area contributed by atoms with E-state index in [2.05, 4.69) is 24.8 Å². The van der Waals surface area contributed by atoms with E-state index in [4.69, 9.17) is 11.6 Å². The number of nitrogens with one attached hydrogen (secondary N) is 3. The second-order valence-electron chi connectivity index (χ2n) is 8.08. The molecule has 0 aliphatic carbocycles. The summed E-state index contributed by atoms with van der Waals surface area (Å²) in [4.78, 5) is 51.1. The highest BCUT2D eigenvalue weighted by molar-refractivity contribution is 6.30. The smallest absolute Gasteiger partial charge is 0.335 e. The predicted molar refractivity (Wildman–Crippen MR) is 132 cm³/mol. The molecule has 11 heteroatoms. The van der Waals surface area contributed by atoms with Crippen LogP contribution in [0.15, 0.2) is 55.8 Å². The molecule has 1 fully saturated rings. The third-order valence-corrected chi connectivity index (χ3v) is 6.10. The number of aromatic hydroxyl groups is 1. The summed E-state index contributed by atoms with van der Waals surface area (Å²) >= 11 is 5.92. The first kappa shape index (κ1) is 21.8. The van der Waals surface area contributed by atoms with Crippen molar-refractivity contribution in [3.05, 3.63) is 78.3 Å². The van der Waals surface area contributed by atoms with Gasteiger partial charge >= 0.3 is 11.4 Å². The molecule has 10 nitrogen and oxygen atoms in total. The lowest BCUT2D eigenvalue weighted by molar-refractivity contribution is 0.430. The first-order chi connectivity index (χ1) is 16.4. The van der Waals surface area contributed by atoms with Crippen LogP contribution < -0.4 is 21.8 Å². The third kappa shape index (κ3) is 4.03. The van der Waals surface area contributed by atoms with E-state index in [0.29, 0.717) is 27.4 Å². The average molecular weight is 481 g/mol. The van der Waals surface area contributed by atoms with Crippen LogP contribution in [0.25, 0.3) is 16.7 Å². The van der Waals surface area contributed by atoms with Crippen molar-refractivity contribution in [2.24, 2.45) is 4.99 Å². The molecule has 174 valence electrons. The highest BCUT2D eigenvalue weighted by Crippen LogP contribution is 2.34. The van der Waals surface area contributed by atoms with Crippen molar-refractivity contribution in [1.29, 1.82) is 0 Å². The van der Waals surface area contributed by atoms with Crippen LogP contribution in [0, 0.1) is 0 Å². The molecule has 0 amide bonds. The zero-order valence-electron chi connectivity index (χ0n) is 18.0. The summed E-state index contributed by atoms with van der Waals surface area (Å²) in [5, 5.41) is 11.3. The van der Waals surface area contributed by atoms with Crippen molar-refractivity contribution in [3.63, 3.8) is 0 Å². The Morgan fingerprint density at radius 2 is 1.62 bits per heavy atom. The number of piperidine rings is 1. The number of H-pyrrole nitrogens is 3. The van der Waals surface area contributed by atoms with E-state index in [-0.39, 0.29) is 11.3 Å². The largest absolute Gasteiger partial charge is 0.493 e. The number of imidazole rings is 1. The Bertz CT molecular complexity index is 1570. The summed E-state index contributed by atoms with van der Waals surface area (Å²) in [6.45, 7) is 1.69. The Morgan fingerprint density at radius 1 is 0.941 bits per heavy atom. The van der Waals surface area contributed by atoms with Gasteiger partial charge in [-0.05, 0) is 55.7 Å². The first-order valence-corrected chi connectivity index (χ1v) is 11.2. The maximum Gasteiger partial charge on any atom is 0.335 e. The summed E-state index contributed by atoms with van der Waals surface area (Å²) in [5.74, 6) is -0.546. The Morgan fingerprint density at radius 3 is 2.32 bits per heavy atom. The highest BCUT2D eigenvalue weighted by atomic mass is 35.5. The quantitative estimate of drug-likeness (QED) is 0.332. The summed E-state index contributed by atoms with van der Waals surface area (Å²) < 4.78 is 0.970. The van der Waals surface area contributed by atoms with Crippen molar-refractivity contribution in [3.8, 4) is 11.6 Å². The van der Waals surface area contributed by atoms with Gasteiger partial charge in [0.25, 0.3) is 5.56 Å². The standard InChI is InChI=1S/C23H21ClN6O4/c24-13-4-6-14(7-5-13)30-21(32)15(20(31)28-23(30)34)12-25-18-10-16-17(27-22(33)26-16)11-19(18)29-8-2-1-3-9-29/h4-7,10-12,32H,1-3,8-9H2,(H2,26,27,33)(H,28,31,34). The summed E-state index contributed by atoms with van der Waals surface area (Å²) in [6.07, 6.45) is 4.45. The minimum atomic E-state index is -0.790. The van der Waals surface area contributed by atoms with E-state index in [0.717, 1.165) is 42.6 Å². The fourth-order valence-electron chi connectivity index (χ4n) is 4.17. The predicted octanol–water partition coefficient (Wildman–Crippen LogP) is 2.80.